The molecule has 2 atom stereocenters. The van der Waals surface area contributed by atoms with Gasteiger partial charge in [0.2, 0.25) is 17.6 Å². The lowest BCUT2D eigenvalue weighted by molar-refractivity contribution is -0.155. The van der Waals surface area contributed by atoms with Crippen LogP contribution in [0.1, 0.15) is 41.8 Å². The predicted molar refractivity (Wildman–Crippen MR) is 112 cm³/mol. The van der Waals surface area contributed by atoms with Gasteiger partial charge in [-0.15, -0.1) is 0 Å². The molecule has 0 amide bonds. The van der Waals surface area contributed by atoms with E-state index in [2.05, 4.69) is 19.9 Å². The topological polar surface area (TPSA) is 76.2 Å². The Hall–Kier alpha value is -2.64. The van der Waals surface area contributed by atoms with Crippen LogP contribution in [-0.2, 0) is 28.2 Å². The molecule has 2 aromatic heterocycles. The van der Waals surface area contributed by atoms with Crippen LogP contribution in [0.4, 0.5) is 32.3 Å². The third kappa shape index (κ3) is 4.76. The lowest BCUT2D eigenvalue weighted by atomic mass is 9.93. The van der Waals surface area contributed by atoms with Crippen LogP contribution in [0.5, 0.6) is 0 Å². The van der Waals surface area contributed by atoms with E-state index >= 15 is 0 Å². The standard InChI is InChI=1S/C21H18ClF6N5O2/c22-10-1-2-14-13(7-10)12-3-5-33(15(16(12)29-14)8-11-4-6-34-9-35-11)19-31-17(20(23,24)25)30-18(32-19)21(26,27)28/h1-2,7,11,15,29H,3-6,8-9H2/t11-,15-/m1/s1. The zero-order valence-electron chi connectivity index (χ0n) is 17.9. The number of hydrogen-bond donors (Lipinski definition) is 1. The maximum Gasteiger partial charge on any atom is 0.451 e. The number of nitrogens with zero attached hydrogens (tertiary/aromatic N) is 4. The maximum absolute atomic E-state index is 13.4. The van der Waals surface area contributed by atoms with Crippen molar-refractivity contribution in [2.75, 3.05) is 24.8 Å². The molecular formula is C21H18ClF6N5O2. The fourth-order valence-electron chi connectivity index (χ4n) is 4.51. The van der Waals surface area contributed by atoms with Crippen LogP contribution >= 0.6 is 11.6 Å². The summed E-state index contributed by atoms with van der Waals surface area (Å²) in [6.07, 6.45) is -9.58. The fraction of sp³-hybridized carbons (Fsp3) is 0.476. The number of aromatic amines is 1. The Bertz CT molecular complexity index is 1210. The molecule has 0 spiro atoms. The van der Waals surface area contributed by atoms with E-state index < -0.39 is 36.0 Å². The largest absolute Gasteiger partial charge is 0.451 e. The number of hydrogen-bond acceptors (Lipinski definition) is 6. The molecule has 0 aliphatic carbocycles. The number of ether oxygens (including phenoxy) is 2. The minimum atomic E-state index is -5.18. The van der Waals surface area contributed by atoms with E-state index in [0.717, 1.165) is 16.5 Å². The third-order valence-corrected chi connectivity index (χ3v) is 6.29. The van der Waals surface area contributed by atoms with Crippen molar-refractivity contribution in [2.24, 2.45) is 0 Å². The summed E-state index contributed by atoms with van der Waals surface area (Å²) < 4.78 is 91.2. The Balaban J connectivity index is 1.63. The molecule has 0 saturated carbocycles. The maximum atomic E-state index is 13.4. The van der Waals surface area contributed by atoms with Crippen molar-refractivity contribution in [1.29, 1.82) is 0 Å². The molecule has 2 aliphatic rings. The van der Waals surface area contributed by atoms with Gasteiger partial charge in [0.25, 0.3) is 0 Å². The van der Waals surface area contributed by atoms with Gasteiger partial charge in [0.1, 0.15) is 6.79 Å². The average Bonchev–Trinajstić information content (AvgIpc) is 3.17. The molecular weight excluding hydrogens is 504 g/mol. The van der Waals surface area contributed by atoms with Crippen molar-refractivity contribution in [2.45, 2.75) is 43.8 Å². The number of halogens is 7. The van der Waals surface area contributed by atoms with Gasteiger partial charge in [-0.3, -0.25) is 0 Å². The summed E-state index contributed by atoms with van der Waals surface area (Å²) in [5.74, 6) is -4.49. The molecule has 14 heteroatoms. The predicted octanol–water partition coefficient (Wildman–Crippen LogP) is 5.30. The lowest BCUT2D eigenvalue weighted by Crippen LogP contribution is -2.40. The first kappa shape index (κ1) is 24.1. The van der Waals surface area contributed by atoms with Crippen molar-refractivity contribution in [3.63, 3.8) is 0 Å². The second kappa shape index (κ2) is 8.79. The highest BCUT2D eigenvalue weighted by atomic mass is 35.5. The molecule has 7 nitrogen and oxygen atoms in total. The second-order valence-electron chi connectivity index (χ2n) is 8.28. The van der Waals surface area contributed by atoms with Gasteiger partial charge in [0, 0.05) is 28.2 Å². The average molecular weight is 522 g/mol. The Morgan fingerprint density at radius 2 is 1.77 bits per heavy atom. The smallest absolute Gasteiger partial charge is 0.356 e. The van der Waals surface area contributed by atoms with Crippen LogP contribution in [0.15, 0.2) is 18.2 Å². The number of aromatic nitrogens is 4. The van der Waals surface area contributed by atoms with Gasteiger partial charge in [0.15, 0.2) is 0 Å². The van der Waals surface area contributed by atoms with Crippen molar-refractivity contribution in [3.05, 3.63) is 46.1 Å². The Kier molecular flexibility index (Phi) is 6.04. The number of rotatable bonds is 3. The number of alkyl halides is 6. The summed E-state index contributed by atoms with van der Waals surface area (Å²) in [4.78, 5) is 14.1. The minimum Gasteiger partial charge on any atom is -0.356 e. The molecule has 0 radical (unpaired) electrons. The zero-order chi connectivity index (χ0) is 25.0. The monoisotopic (exact) mass is 521 g/mol. The first-order valence-corrected chi connectivity index (χ1v) is 11.0. The second-order valence-corrected chi connectivity index (χ2v) is 8.72. The van der Waals surface area contributed by atoms with Gasteiger partial charge >= 0.3 is 12.4 Å². The van der Waals surface area contributed by atoms with Gasteiger partial charge in [-0.25, -0.2) is 4.98 Å². The van der Waals surface area contributed by atoms with Gasteiger partial charge in [-0.1, -0.05) is 11.6 Å². The molecule has 1 aromatic carbocycles. The van der Waals surface area contributed by atoms with Gasteiger partial charge in [-0.2, -0.15) is 36.3 Å². The minimum absolute atomic E-state index is 0.0504. The molecule has 1 saturated heterocycles. The highest BCUT2D eigenvalue weighted by Crippen LogP contribution is 2.41. The lowest BCUT2D eigenvalue weighted by Gasteiger charge is -2.38. The number of fused-ring (bicyclic) bond motifs is 3. The van der Waals surface area contributed by atoms with Crippen molar-refractivity contribution >= 4 is 28.5 Å². The summed E-state index contributed by atoms with van der Waals surface area (Å²) in [7, 11) is 0. The number of H-pyrrole nitrogens is 1. The molecule has 2 aliphatic heterocycles. The molecule has 188 valence electrons. The highest BCUT2D eigenvalue weighted by molar-refractivity contribution is 6.31. The third-order valence-electron chi connectivity index (χ3n) is 6.06. The summed E-state index contributed by atoms with van der Waals surface area (Å²) in [5.41, 5.74) is 2.28. The molecule has 0 unspecified atom stereocenters. The van der Waals surface area contributed by atoms with E-state index in [1.165, 1.54) is 4.90 Å². The van der Waals surface area contributed by atoms with Crippen LogP contribution in [0.25, 0.3) is 10.9 Å². The summed E-state index contributed by atoms with van der Waals surface area (Å²) in [6.45, 7) is 0.558. The van der Waals surface area contributed by atoms with E-state index in [0.29, 0.717) is 30.2 Å². The number of anilines is 1. The van der Waals surface area contributed by atoms with Gasteiger partial charge in [0.05, 0.1) is 18.8 Å². The Morgan fingerprint density at radius 1 is 1.06 bits per heavy atom. The molecule has 35 heavy (non-hydrogen) atoms. The zero-order valence-corrected chi connectivity index (χ0v) is 18.6. The summed E-state index contributed by atoms with van der Waals surface area (Å²) in [6, 6.07) is 4.56. The molecule has 5 rings (SSSR count). The quantitative estimate of drug-likeness (QED) is 0.471. The molecule has 1 N–H and O–H groups in total. The molecule has 1 fully saturated rings. The normalized spacial score (nSPS) is 21.4. The van der Waals surface area contributed by atoms with Crippen molar-refractivity contribution < 1.29 is 35.8 Å². The van der Waals surface area contributed by atoms with Crippen molar-refractivity contribution in [3.8, 4) is 0 Å². The van der Waals surface area contributed by atoms with Gasteiger partial charge < -0.3 is 19.4 Å². The molecule has 3 aromatic rings. The van der Waals surface area contributed by atoms with Crippen LogP contribution in [0.2, 0.25) is 5.02 Å². The van der Waals surface area contributed by atoms with Crippen LogP contribution in [0, 0.1) is 0 Å². The number of nitrogens with one attached hydrogen (secondary N) is 1. The highest BCUT2D eigenvalue weighted by Gasteiger charge is 2.43. The number of benzene rings is 1. The molecule has 0 bridgehead atoms. The summed E-state index contributed by atoms with van der Waals surface area (Å²) in [5, 5.41) is 1.35. The van der Waals surface area contributed by atoms with Crippen LogP contribution < -0.4 is 4.90 Å². The van der Waals surface area contributed by atoms with E-state index in [-0.39, 0.29) is 25.9 Å². The van der Waals surface area contributed by atoms with Crippen LogP contribution in [-0.4, -0.2) is 46.0 Å². The van der Waals surface area contributed by atoms with Gasteiger partial charge in [-0.05, 0) is 43.0 Å². The first-order chi connectivity index (χ1) is 16.5. The Morgan fingerprint density at radius 3 is 2.40 bits per heavy atom. The van der Waals surface area contributed by atoms with E-state index in [9.17, 15) is 26.3 Å². The van der Waals surface area contributed by atoms with Crippen LogP contribution in [0.3, 0.4) is 0 Å². The van der Waals surface area contributed by atoms with E-state index in [1.54, 1.807) is 18.2 Å². The summed E-state index contributed by atoms with van der Waals surface area (Å²) >= 11 is 6.16. The fourth-order valence-corrected chi connectivity index (χ4v) is 4.68. The molecule has 4 heterocycles. The van der Waals surface area contributed by atoms with E-state index in [1.807, 2.05) is 0 Å². The van der Waals surface area contributed by atoms with E-state index in [4.69, 9.17) is 21.1 Å². The Labute approximate surface area is 199 Å². The first-order valence-electron chi connectivity index (χ1n) is 10.7. The SMILES string of the molecule is FC(F)(F)c1nc(N2CCc3c([nH]c4ccc(Cl)cc34)[C@H]2C[C@H]2CCOCO2)nc(C(F)(F)F)n1. The van der Waals surface area contributed by atoms with Crippen molar-refractivity contribution in [1.82, 2.24) is 19.9 Å².